The normalized spacial score (nSPS) is 31.1. The zero-order valence-corrected chi connectivity index (χ0v) is 10.8. The molecule has 2 rings (SSSR count). The summed E-state index contributed by atoms with van der Waals surface area (Å²) in [5, 5.41) is 1.86. The van der Waals surface area contributed by atoms with Gasteiger partial charge in [0.05, 0.1) is 14.2 Å². The molecule has 2 fully saturated rings. The van der Waals surface area contributed by atoms with Crippen molar-refractivity contribution < 1.29 is 23.9 Å². The molecule has 6 nitrogen and oxygen atoms in total. The van der Waals surface area contributed by atoms with Crippen LogP contribution in [0.4, 0.5) is 0 Å². The molecule has 0 N–H and O–H groups in total. The quantitative estimate of drug-likeness (QED) is 0.684. The maximum atomic E-state index is 11.7. The van der Waals surface area contributed by atoms with Gasteiger partial charge in [0.1, 0.15) is 0 Å². The molecule has 0 spiro atoms. The van der Waals surface area contributed by atoms with Crippen molar-refractivity contribution in [3.05, 3.63) is 0 Å². The second-order valence-corrected chi connectivity index (χ2v) is 4.68. The van der Waals surface area contributed by atoms with Crippen LogP contribution in [-0.2, 0) is 23.9 Å². The summed E-state index contributed by atoms with van der Waals surface area (Å²) < 4.78 is 9.39. The standard InChI is InChI=1S/C12H19NO5/c1-16-10(14)6-5-8-9-4-3-7-13(9)18-11(8)12(15)17-2/h8-9,11H,3-7H2,1-2H3/t8-,9-,11-/m0/s1. The Hall–Kier alpha value is -1.14. The maximum absolute atomic E-state index is 11.7. The molecule has 0 aromatic rings. The predicted octanol–water partition coefficient (Wildman–Crippen LogP) is 0.507. The van der Waals surface area contributed by atoms with E-state index < -0.39 is 6.10 Å². The largest absolute Gasteiger partial charge is 0.469 e. The van der Waals surface area contributed by atoms with Crippen molar-refractivity contribution in [2.24, 2.45) is 5.92 Å². The number of esters is 2. The van der Waals surface area contributed by atoms with E-state index in [1.54, 1.807) is 0 Å². The van der Waals surface area contributed by atoms with Crippen molar-refractivity contribution >= 4 is 11.9 Å². The number of carbonyl (C=O) groups excluding carboxylic acids is 2. The molecule has 2 saturated heterocycles. The van der Waals surface area contributed by atoms with E-state index in [0.717, 1.165) is 19.4 Å². The summed E-state index contributed by atoms with van der Waals surface area (Å²) in [4.78, 5) is 28.5. The number of hydrogen-bond donors (Lipinski definition) is 0. The molecule has 18 heavy (non-hydrogen) atoms. The molecule has 0 bridgehead atoms. The van der Waals surface area contributed by atoms with Gasteiger partial charge in [-0.3, -0.25) is 9.63 Å². The van der Waals surface area contributed by atoms with Crippen LogP contribution in [-0.4, -0.2) is 49.9 Å². The number of carbonyl (C=O) groups is 2. The lowest BCUT2D eigenvalue weighted by atomic mass is 9.89. The van der Waals surface area contributed by atoms with Crippen molar-refractivity contribution in [1.29, 1.82) is 0 Å². The molecule has 102 valence electrons. The molecule has 0 amide bonds. The van der Waals surface area contributed by atoms with Gasteiger partial charge < -0.3 is 9.47 Å². The molecule has 2 heterocycles. The van der Waals surface area contributed by atoms with Crippen LogP contribution in [0.5, 0.6) is 0 Å². The number of methoxy groups -OCH3 is 2. The molecule has 0 aromatic carbocycles. The van der Waals surface area contributed by atoms with Crippen LogP contribution in [0.2, 0.25) is 0 Å². The van der Waals surface area contributed by atoms with Crippen molar-refractivity contribution in [3.8, 4) is 0 Å². The van der Waals surface area contributed by atoms with Gasteiger partial charge in [-0.2, -0.15) is 5.06 Å². The summed E-state index contributed by atoms with van der Waals surface area (Å²) >= 11 is 0. The molecule has 2 aliphatic heterocycles. The fourth-order valence-electron chi connectivity index (χ4n) is 2.81. The molecule has 2 aliphatic rings. The van der Waals surface area contributed by atoms with E-state index in [4.69, 9.17) is 9.57 Å². The lowest BCUT2D eigenvalue weighted by molar-refractivity contribution is -0.182. The summed E-state index contributed by atoms with van der Waals surface area (Å²) in [6.45, 7) is 0.840. The SMILES string of the molecule is COC(=O)CC[C@@H]1[C@@H](C(=O)OC)ON2CCC[C@@H]12. The molecule has 0 aromatic heterocycles. The van der Waals surface area contributed by atoms with Crippen molar-refractivity contribution in [2.75, 3.05) is 20.8 Å². The summed E-state index contributed by atoms with van der Waals surface area (Å²) in [6, 6.07) is 0.221. The van der Waals surface area contributed by atoms with Gasteiger partial charge in [0.25, 0.3) is 0 Å². The first kappa shape index (κ1) is 13.3. The third kappa shape index (κ3) is 2.49. The average Bonchev–Trinajstić information content (AvgIpc) is 2.95. The zero-order valence-electron chi connectivity index (χ0n) is 10.8. The number of ether oxygens (including phenoxy) is 2. The fourth-order valence-corrected chi connectivity index (χ4v) is 2.81. The van der Waals surface area contributed by atoms with E-state index in [2.05, 4.69) is 4.74 Å². The van der Waals surface area contributed by atoms with Gasteiger partial charge >= 0.3 is 11.9 Å². The number of nitrogens with zero attached hydrogens (tertiary/aromatic N) is 1. The molecule has 0 radical (unpaired) electrons. The molecular formula is C12H19NO5. The van der Waals surface area contributed by atoms with Crippen molar-refractivity contribution in [1.82, 2.24) is 5.06 Å². The van der Waals surface area contributed by atoms with Gasteiger partial charge in [-0.1, -0.05) is 0 Å². The Bertz CT molecular complexity index is 332. The third-order valence-corrected chi connectivity index (χ3v) is 3.72. The number of fused-ring (bicyclic) bond motifs is 1. The first-order chi connectivity index (χ1) is 8.67. The monoisotopic (exact) mass is 257 g/mol. The Labute approximate surface area is 106 Å². The Morgan fingerprint density at radius 2 is 2.11 bits per heavy atom. The minimum atomic E-state index is -0.579. The maximum Gasteiger partial charge on any atom is 0.337 e. The number of hydroxylamine groups is 2. The van der Waals surface area contributed by atoms with Crippen molar-refractivity contribution in [2.45, 2.75) is 37.8 Å². The van der Waals surface area contributed by atoms with Gasteiger partial charge in [-0.25, -0.2) is 4.79 Å². The van der Waals surface area contributed by atoms with E-state index in [-0.39, 0.29) is 23.9 Å². The lowest BCUT2D eigenvalue weighted by Gasteiger charge is -2.18. The Morgan fingerprint density at radius 3 is 2.78 bits per heavy atom. The Morgan fingerprint density at radius 1 is 1.33 bits per heavy atom. The molecular weight excluding hydrogens is 238 g/mol. The highest BCUT2D eigenvalue weighted by atomic mass is 16.7. The first-order valence-electron chi connectivity index (χ1n) is 6.25. The highest BCUT2D eigenvalue weighted by molar-refractivity contribution is 5.75. The van der Waals surface area contributed by atoms with E-state index in [1.807, 2.05) is 5.06 Å². The van der Waals surface area contributed by atoms with Crippen LogP contribution >= 0.6 is 0 Å². The van der Waals surface area contributed by atoms with Crippen LogP contribution in [0.3, 0.4) is 0 Å². The highest BCUT2D eigenvalue weighted by Crippen LogP contribution is 2.38. The smallest absolute Gasteiger partial charge is 0.337 e. The Kier molecular flexibility index (Phi) is 4.19. The summed E-state index contributed by atoms with van der Waals surface area (Å²) in [6.07, 6.45) is 2.38. The van der Waals surface area contributed by atoms with Crippen LogP contribution < -0.4 is 0 Å². The molecule has 0 aliphatic carbocycles. The van der Waals surface area contributed by atoms with Crippen LogP contribution in [0.25, 0.3) is 0 Å². The molecule has 0 unspecified atom stereocenters. The van der Waals surface area contributed by atoms with Crippen LogP contribution in [0.1, 0.15) is 25.7 Å². The highest BCUT2D eigenvalue weighted by Gasteiger charge is 2.49. The van der Waals surface area contributed by atoms with E-state index in [9.17, 15) is 9.59 Å². The molecule has 3 atom stereocenters. The number of rotatable bonds is 4. The first-order valence-corrected chi connectivity index (χ1v) is 6.25. The minimum absolute atomic E-state index is 0.0130. The predicted molar refractivity (Wildman–Crippen MR) is 61.4 cm³/mol. The van der Waals surface area contributed by atoms with E-state index in [1.165, 1.54) is 14.2 Å². The van der Waals surface area contributed by atoms with Crippen LogP contribution in [0.15, 0.2) is 0 Å². The van der Waals surface area contributed by atoms with Gasteiger partial charge in [0.15, 0.2) is 6.10 Å². The summed E-state index contributed by atoms with van der Waals surface area (Å²) in [5.74, 6) is -0.603. The minimum Gasteiger partial charge on any atom is -0.469 e. The van der Waals surface area contributed by atoms with E-state index in [0.29, 0.717) is 12.8 Å². The molecule has 6 heteroatoms. The van der Waals surface area contributed by atoms with Gasteiger partial charge in [0.2, 0.25) is 0 Å². The topological polar surface area (TPSA) is 65.1 Å². The molecule has 0 saturated carbocycles. The second-order valence-electron chi connectivity index (χ2n) is 4.68. The number of hydrogen-bond acceptors (Lipinski definition) is 6. The average molecular weight is 257 g/mol. The lowest BCUT2D eigenvalue weighted by Crippen LogP contribution is -2.32. The van der Waals surface area contributed by atoms with Crippen molar-refractivity contribution in [3.63, 3.8) is 0 Å². The third-order valence-electron chi connectivity index (χ3n) is 3.72. The van der Waals surface area contributed by atoms with Gasteiger partial charge in [-0.15, -0.1) is 0 Å². The summed E-state index contributed by atoms with van der Waals surface area (Å²) in [5.41, 5.74) is 0. The fraction of sp³-hybridized carbons (Fsp3) is 0.833. The Balaban J connectivity index is 2.01. The van der Waals surface area contributed by atoms with Gasteiger partial charge in [-0.05, 0) is 19.3 Å². The summed E-state index contributed by atoms with van der Waals surface area (Å²) in [7, 11) is 2.72. The van der Waals surface area contributed by atoms with Crippen LogP contribution in [0, 0.1) is 5.92 Å². The second kappa shape index (κ2) is 5.67. The van der Waals surface area contributed by atoms with Gasteiger partial charge in [0, 0.05) is 24.9 Å². The zero-order chi connectivity index (χ0) is 13.1. The van der Waals surface area contributed by atoms with E-state index >= 15 is 0 Å².